The van der Waals surface area contributed by atoms with Gasteiger partial charge in [-0.1, -0.05) is 41.4 Å². The Morgan fingerprint density at radius 2 is 2.00 bits per heavy atom. The molecule has 3 nitrogen and oxygen atoms in total. The summed E-state index contributed by atoms with van der Waals surface area (Å²) < 4.78 is 0. The Balaban J connectivity index is 1.89. The van der Waals surface area contributed by atoms with E-state index in [9.17, 15) is 0 Å². The van der Waals surface area contributed by atoms with Gasteiger partial charge >= 0.3 is 0 Å². The van der Waals surface area contributed by atoms with E-state index in [2.05, 4.69) is 15.3 Å². The number of aromatic nitrogens is 2. The monoisotopic (exact) mass is 305 g/mol. The third kappa shape index (κ3) is 2.35. The van der Waals surface area contributed by atoms with Gasteiger partial charge in [0, 0.05) is 17.1 Å². The first-order valence-corrected chi connectivity index (χ1v) is 7.02. The summed E-state index contributed by atoms with van der Waals surface area (Å²) in [5.41, 5.74) is 3.86. The minimum atomic E-state index is 0.470. The first-order chi connectivity index (χ1) is 9.66. The SMILES string of the molecule is Cc1ccnc(Cl)c1NCc1[nH]c2ccccc2c1Cl. The summed E-state index contributed by atoms with van der Waals surface area (Å²) in [4.78, 5) is 7.39. The second-order valence-corrected chi connectivity index (χ2v) is 5.35. The van der Waals surface area contributed by atoms with Crippen LogP contribution in [0.3, 0.4) is 0 Å². The molecule has 0 fully saturated rings. The van der Waals surface area contributed by atoms with E-state index in [1.807, 2.05) is 37.3 Å². The number of anilines is 1. The van der Waals surface area contributed by atoms with Crippen molar-refractivity contribution in [1.82, 2.24) is 9.97 Å². The molecule has 2 N–H and O–H groups in total. The number of benzene rings is 1. The van der Waals surface area contributed by atoms with Gasteiger partial charge in [-0.3, -0.25) is 0 Å². The van der Waals surface area contributed by atoms with Crippen molar-refractivity contribution in [3.05, 3.63) is 58.0 Å². The highest BCUT2D eigenvalue weighted by Gasteiger charge is 2.10. The predicted molar refractivity (Wildman–Crippen MR) is 84.6 cm³/mol. The van der Waals surface area contributed by atoms with Crippen LogP contribution in [0.1, 0.15) is 11.3 Å². The summed E-state index contributed by atoms with van der Waals surface area (Å²) in [6.45, 7) is 2.56. The third-order valence-corrected chi connectivity index (χ3v) is 3.99. The molecule has 3 aromatic rings. The van der Waals surface area contributed by atoms with Crippen LogP contribution in [-0.2, 0) is 6.54 Å². The smallest absolute Gasteiger partial charge is 0.152 e. The summed E-state index contributed by atoms with van der Waals surface area (Å²) in [6.07, 6.45) is 1.69. The van der Waals surface area contributed by atoms with Gasteiger partial charge in [0.15, 0.2) is 5.15 Å². The summed E-state index contributed by atoms with van der Waals surface area (Å²) in [6, 6.07) is 9.88. The molecule has 0 aliphatic carbocycles. The number of nitrogens with zero attached hydrogens (tertiary/aromatic N) is 1. The number of pyridine rings is 1. The minimum absolute atomic E-state index is 0.470. The van der Waals surface area contributed by atoms with Crippen LogP contribution in [0.5, 0.6) is 0 Å². The zero-order chi connectivity index (χ0) is 14.1. The van der Waals surface area contributed by atoms with Crippen molar-refractivity contribution < 1.29 is 0 Å². The second kappa shape index (κ2) is 5.35. The van der Waals surface area contributed by atoms with E-state index in [0.717, 1.165) is 32.9 Å². The van der Waals surface area contributed by atoms with Gasteiger partial charge in [-0.2, -0.15) is 0 Å². The fraction of sp³-hybridized carbons (Fsp3) is 0.133. The molecule has 102 valence electrons. The van der Waals surface area contributed by atoms with Crippen LogP contribution in [0.15, 0.2) is 36.5 Å². The van der Waals surface area contributed by atoms with Crippen molar-refractivity contribution in [2.45, 2.75) is 13.5 Å². The molecule has 0 amide bonds. The number of hydrogen-bond donors (Lipinski definition) is 2. The third-order valence-electron chi connectivity index (χ3n) is 3.27. The molecule has 0 unspecified atom stereocenters. The Kier molecular flexibility index (Phi) is 3.55. The Hall–Kier alpha value is -1.71. The molecule has 0 atom stereocenters. The molecular weight excluding hydrogens is 293 g/mol. The number of hydrogen-bond acceptors (Lipinski definition) is 2. The quantitative estimate of drug-likeness (QED) is 0.683. The molecule has 0 saturated heterocycles. The molecule has 0 radical (unpaired) electrons. The maximum absolute atomic E-state index is 6.38. The molecule has 0 aliphatic heterocycles. The molecule has 1 aromatic carbocycles. The average molecular weight is 306 g/mol. The molecule has 0 bridgehead atoms. The minimum Gasteiger partial charge on any atom is -0.377 e. The number of para-hydroxylation sites is 1. The Morgan fingerprint density at radius 3 is 2.75 bits per heavy atom. The highest BCUT2D eigenvalue weighted by Crippen LogP contribution is 2.29. The van der Waals surface area contributed by atoms with Gasteiger partial charge in [0.25, 0.3) is 0 Å². The van der Waals surface area contributed by atoms with Crippen LogP contribution in [0.2, 0.25) is 10.2 Å². The van der Waals surface area contributed by atoms with Crippen LogP contribution < -0.4 is 5.32 Å². The normalized spacial score (nSPS) is 10.9. The van der Waals surface area contributed by atoms with Gasteiger partial charge in [0.05, 0.1) is 22.9 Å². The van der Waals surface area contributed by atoms with E-state index in [0.29, 0.717) is 11.7 Å². The number of aromatic amines is 1. The van der Waals surface area contributed by atoms with Crippen molar-refractivity contribution in [2.75, 3.05) is 5.32 Å². The number of fused-ring (bicyclic) bond motifs is 1. The highest BCUT2D eigenvalue weighted by molar-refractivity contribution is 6.36. The maximum atomic E-state index is 6.38. The molecule has 3 rings (SSSR count). The van der Waals surface area contributed by atoms with Crippen molar-refractivity contribution in [3.8, 4) is 0 Å². The highest BCUT2D eigenvalue weighted by atomic mass is 35.5. The number of H-pyrrole nitrogens is 1. The van der Waals surface area contributed by atoms with E-state index < -0.39 is 0 Å². The molecule has 20 heavy (non-hydrogen) atoms. The van der Waals surface area contributed by atoms with Gasteiger partial charge < -0.3 is 10.3 Å². The molecule has 2 heterocycles. The van der Waals surface area contributed by atoms with Crippen molar-refractivity contribution >= 4 is 39.8 Å². The van der Waals surface area contributed by atoms with Gasteiger partial charge in [-0.25, -0.2) is 4.98 Å². The zero-order valence-electron chi connectivity index (χ0n) is 10.9. The Labute approximate surface area is 126 Å². The molecule has 0 spiro atoms. The van der Waals surface area contributed by atoms with Crippen molar-refractivity contribution in [1.29, 1.82) is 0 Å². The standard InChI is InChI=1S/C15H13Cl2N3/c1-9-6-7-18-15(17)14(9)19-8-12-13(16)10-4-2-3-5-11(10)20-12/h2-7,19-20H,8H2,1H3. The van der Waals surface area contributed by atoms with E-state index in [1.54, 1.807) is 6.20 Å². The van der Waals surface area contributed by atoms with Gasteiger partial charge in [0.1, 0.15) is 0 Å². The predicted octanol–water partition coefficient (Wildman–Crippen LogP) is 4.79. The molecule has 5 heteroatoms. The molecule has 0 aliphatic rings. The van der Waals surface area contributed by atoms with E-state index >= 15 is 0 Å². The number of halogens is 2. The van der Waals surface area contributed by atoms with Crippen LogP contribution >= 0.6 is 23.2 Å². The lowest BCUT2D eigenvalue weighted by Gasteiger charge is -2.10. The number of rotatable bonds is 3. The summed E-state index contributed by atoms with van der Waals surface area (Å²) in [5, 5.41) is 5.53. The average Bonchev–Trinajstić information content (AvgIpc) is 2.76. The lowest BCUT2D eigenvalue weighted by molar-refractivity contribution is 1.07. The van der Waals surface area contributed by atoms with Crippen LogP contribution in [-0.4, -0.2) is 9.97 Å². The molecular formula is C15H13Cl2N3. The second-order valence-electron chi connectivity index (χ2n) is 4.61. The number of nitrogens with one attached hydrogen (secondary N) is 2. The summed E-state index contributed by atoms with van der Waals surface area (Å²) in [5.74, 6) is 0. The lowest BCUT2D eigenvalue weighted by Crippen LogP contribution is -2.03. The summed E-state index contributed by atoms with van der Waals surface area (Å²) in [7, 11) is 0. The fourth-order valence-corrected chi connectivity index (χ4v) is 2.75. The Bertz CT molecular complexity index is 745. The first-order valence-electron chi connectivity index (χ1n) is 6.27. The fourth-order valence-electron chi connectivity index (χ4n) is 2.20. The van der Waals surface area contributed by atoms with Crippen molar-refractivity contribution in [2.24, 2.45) is 0 Å². The molecule has 2 aromatic heterocycles. The van der Waals surface area contributed by atoms with Crippen LogP contribution in [0.4, 0.5) is 5.69 Å². The zero-order valence-corrected chi connectivity index (χ0v) is 12.4. The molecule has 0 saturated carbocycles. The maximum Gasteiger partial charge on any atom is 0.152 e. The van der Waals surface area contributed by atoms with Gasteiger partial charge in [-0.05, 0) is 24.6 Å². The topological polar surface area (TPSA) is 40.7 Å². The largest absolute Gasteiger partial charge is 0.377 e. The first kappa shape index (κ1) is 13.3. The van der Waals surface area contributed by atoms with Gasteiger partial charge in [-0.15, -0.1) is 0 Å². The van der Waals surface area contributed by atoms with E-state index in [1.165, 1.54) is 0 Å². The number of aryl methyl sites for hydroxylation is 1. The van der Waals surface area contributed by atoms with E-state index in [-0.39, 0.29) is 0 Å². The summed E-state index contributed by atoms with van der Waals surface area (Å²) >= 11 is 12.5. The lowest BCUT2D eigenvalue weighted by atomic mass is 10.2. The van der Waals surface area contributed by atoms with Crippen molar-refractivity contribution in [3.63, 3.8) is 0 Å². The van der Waals surface area contributed by atoms with Gasteiger partial charge in [0.2, 0.25) is 0 Å². The van der Waals surface area contributed by atoms with Crippen LogP contribution in [0, 0.1) is 6.92 Å². The van der Waals surface area contributed by atoms with Crippen LogP contribution in [0.25, 0.3) is 10.9 Å². The van der Waals surface area contributed by atoms with E-state index in [4.69, 9.17) is 23.2 Å². The Morgan fingerprint density at radius 1 is 1.20 bits per heavy atom.